The van der Waals surface area contributed by atoms with Crippen LogP contribution in [0.1, 0.15) is 34.0 Å². The summed E-state index contributed by atoms with van der Waals surface area (Å²) in [5.74, 6) is -0.585. The molecule has 3 aromatic rings. The van der Waals surface area contributed by atoms with Crippen LogP contribution in [-0.2, 0) is 9.63 Å². The normalized spacial score (nSPS) is 17.1. The van der Waals surface area contributed by atoms with E-state index in [4.69, 9.17) is 4.84 Å². The molecule has 0 saturated carbocycles. The average Bonchev–Trinajstić information content (AvgIpc) is 3.32. The minimum atomic E-state index is -0.957. The van der Waals surface area contributed by atoms with Crippen molar-refractivity contribution in [1.29, 1.82) is 0 Å². The van der Waals surface area contributed by atoms with Crippen LogP contribution < -0.4 is 5.32 Å². The first kappa shape index (κ1) is 24.9. The molecule has 1 aliphatic heterocycles. The molecule has 1 aliphatic rings. The number of aryl methyl sites for hydroxylation is 1. The number of rotatable bonds is 7. The standard InChI is InChI=1S/C28H29N3O5/c1-18-5-3-4-6-24(18)19-7-9-21(10-8-19)28(35)31-17-22(30-36-2)15-25(31)27(34)29-16-26(33)20-11-13-23(32)14-12-20/h3-14,25-26,32-33H,15-17H2,1-2H3,(H,29,34)/t25-,26?/m0/s1. The van der Waals surface area contributed by atoms with Gasteiger partial charge in [-0.1, -0.05) is 53.7 Å². The Hall–Kier alpha value is -4.17. The number of aliphatic hydroxyl groups is 1. The van der Waals surface area contributed by atoms with Crippen LogP contribution in [0.15, 0.2) is 78.0 Å². The lowest BCUT2D eigenvalue weighted by Gasteiger charge is -2.24. The number of aromatic hydroxyl groups is 1. The summed E-state index contributed by atoms with van der Waals surface area (Å²) in [7, 11) is 1.42. The molecule has 0 radical (unpaired) electrons. The second-order valence-electron chi connectivity index (χ2n) is 8.74. The molecule has 36 heavy (non-hydrogen) atoms. The van der Waals surface area contributed by atoms with Gasteiger partial charge in [0, 0.05) is 18.5 Å². The van der Waals surface area contributed by atoms with Gasteiger partial charge in [-0.2, -0.15) is 0 Å². The van der Waals surface area contributed by atoms with E-state index in [1.807, 2.05) is 43.3 Å². The number of benzene rings is 3. The quantitative estimate of drug-likeness (QED) is 0.442. The van der Waals surface area contributed by atoms with Crippen molar-refractivity contribution in [2.75, 3.05) is 20.2 Å². The number of amides is 2. The first-order valence-corrected chi connectivity index (χ1v) is 11.7. The van der Waals surface area contributed by atoms with Crippen LogP contribution in [0.25, 0.3) is 11.1 Å². The van der Waals surface area contributed by atoms with Crippen molar-refractivity contribution in [2.45, 2.75) is 25.5 Å². The maximum Gasteiger partial charge on any atom is 0.254 e. The molecule has 1 saturated heterocycles. The maximum atomic E-state index is 13.4. The number of aliphatic hydroxyl groups excluding tert-OH is 1. The van der Waals surface area contributed by atoms with Crippen LogP contribution in [0.4, 0.5) is 0 Å². The monoisotopic (exact) mass is 487 g/mol. The molecule has 1 unspecified atom stereocenters. The summed E-state index contributed by atoms with van der Waals surface area (Å²) in [6, 6.07) is 20.7. The van der Waals surface area contributed by atoms with Crippen LogP contribution in [-0.4, -0.2) is 58.9 Å². The Balaban J connectivity index is 1.48. The highest BCUT2D eigenvalue weighted by Gasteiger charge is 2.38. The Labute approximate surface area is 209 Å². The van der Waals surface area contributed by atoms with Crippen LogP contribution in [0, 0.1) is 6.92 Å². The lowest BCUT2D eigenvalue weighted by molar-refractivity contribution is -0.125. The largest absolute Gasteiger partial charge is 0.508 e. The lowest BCUT2D eigenvalue weighted by atomic mass is 9.99. The van der Waals surface area contributed by atoms with Gasteiger partial charge in [-0.25, -0.2) is 0 Å². The Kier molecular flexibility index (Phi) is 7.65. The molecule has 1 heterocycles. The molecule has 186 valence electrons. The number of hydrogen-bond donors (Lipinski definition) is 3. The van der Waals surface area contributed by atoms with Crippen molar-refractivity contribution in [3.05, 3.63) is 89.5 Å². The molecule has 3 N–H and O–H groups in total. The first-order valence-electron chi connectivity index (χ1n) is 11.7. The molecule has 3 aromatic carbocycles. The minimum absolute atomic E-state index is 0.0377. The van der Waals surface area contributed by atoms with Gasteiger partial charge in [0.1, 0.15) is 18.9 Å². The molecule has 8 heteroatoms. The Morgan fingerprint density at radius 3 is 2.44 bits per heavy atom. The van der Waals surface area contributed by atoms with E-state index in [0.717, 1.165) is 16.7 Å². The van der Waals surface area contributed by atoms with E-state index in [2.05, 4.69) is 10.5 Å². The smallest absolute Gasteiger partial charge is 0.254 e. The fourth-order valence-electron chi connectivity index (χ4n) is 4.33. The van der Waals surface area contributed by atoms with Crippen molar-refractivity contribution in [1.82, 2.24) is 10.2 Å². The number of oxime groups is 1. The van der Waals surface area contributed by atoms with E-state index in [1.165, 1.54) is 24.1 Å². The van der Waals surface area contributed by atoms with E-state index < -0.39 is 12.1 Å². The third-order valence-electron chi connectivity index (χ3n) is 6.28. The second kappa shape index (κ2) is 11.0. The summed E-state index contributed by atoms with van der Waals surface area (Å²) < 4.78 is 0. The Morgan fingerprint density at radius 1 is 1.08 bits per heavy atom. The summed E-state index contributed by atoms with van der Waals surface area (Å²) in [5.41, 5.74) is 4.85. The molecule has 0 aliphatic carbocycles. The van der Waals surface area contributed by atoms with Crippen LogP contribution in [0.3, 0.4) is 0 Å². The van der Waals surface area contributed by atoms with Crippen molar-refractivity contribution >= 4 is 17.5 Å². The summed E-state index contributed by atoms with van der Waals surface area (Å²) in [5, 5.41) is 26.5. The molecule has 0 spiro atoms. The number of hydrogen-bond acceptors (Lipinski definition) is 6. The van der Waals surface area contributed by atoms with E-state index >= 15 is 0 Å². The lowest BCUT2D eigenvalue weighted by Crippen LogP contribution is -2.46. The average molecular weight is 488 g/mol. The van der Waals surface area contributed by atoms with Crippen molar-refractivity contribution in [3.8, 4) is 16.9 Å². The van der Waals surface area contributed by atoms with Gasteiger partial charge in [0.2, 0.25) is 5.91 Å². The van der Waals surface area contributed by atoms with Crippen molar-refractivity contribution in [2.24, 2.45) is 5.16 Å². The summed E-state index contributed by atoms with van der Waals surface area (Å²) in [4.78, 5) is 32.8. The van der Waals surface area contributed by atoms with Crippen molar-refractivity contribution < 1.29 is 24.6 Å². The van der Waals surface area contributed by atoms with E-state index in [1.54, 1.807) is 24.3 Å². The fraction of sp³-hybridized carbons (Fsp3) is 0.250. The van der Waals surface area contributed by atoms with Crippen molar-refractivity contribution in [3.63, 3.8) is 0 Å². The molecule has 1 fully saturated rings. The predicted molar refractivity (Wildman–Crippen MR) is 137 cm³/mol. The van der Waals surface area contributed by atoms with Gasteiger partial charge in [0.15, 0.2) is 0 Å². The fourth-order valence-corrected chi connectivity index (χ4v) is 4.33. The highest BCUT2D eigenvalue weighted by Crippen LogP contribution is 2.25. The highest BCUT2D eigenvalue weighted by molar-refractivity contribution is 6.05. The number of nitrogens with zero attached hydrogens (tertiary/aromatic N) is 2. The SMILES string of the molecule is CON=C1C[C@@H](C(=O)NCC(O)c2ccc(O)cc2)N(C(=O)c2ccc(-c3ccccc3C)cc2)C1. The first-order chi connectivity index (χ1) is 17.4. The molecule has 0 bridgehead atoms. The number of likely N-dealkylation sites (tertiary alicyclic amines) is 1. The number of carbonyl (C=O) groups is 2. The zero-order valence-corrected chi connectivity index (χ0v) is 20.2. The number of nitrogens with one attached hydrogen (secondary N) is 1. The summed E-state index contributed by atoms with van der Waals surface area (Å²) in [6.45, 7) is 2.17. The number of phenols is 1. The number of phenolic OH excluding ortho intramolecular Hbond substituents is 1. The zero-order chi connectivity index (χ0) is 25.7. The van der Waals surface area contributed by atoms with E-state index in [-0.39, 0.29) is 37.1 Å². The van der Waals surface area contributed by atoms with Gasteiger partial charge in [0.05, 0.1) is 18.4 Å². The van der Waals surface area contributed by atoms with Crippen LogP contribution >= 0.6 is 0 Å². The molecular weight excluding hydrogens is 458 g/mol. The Morgan fingerprint density at radius 2 is 1.78 bits per heavy atom. The van der Waals surface area contributed by atoms with Gasteiger partial charge in [0.25, 0.3) is 5.91 Å². The van der Waals surface area contributed by atoms with E-state index in [0.29, 0.717) is 16.8 Å². The molecule has 8 nitrogen and oxygen atoms in total. The third-order valence-corrected chi connectivity index (χ3v) is 6.28. The molecule has 4 rings (SSSR count). The van der Waals surface area contributed by atoms with Gasteiger partial charge < -0.3 is 25.3 Å². The van der Waals surface area contributed by atoms with Gasteiger partial charge in [-0.3, -0.25) is 9.59 Å². The molecule has 2 atom stereocenters. The van der Waals surface area contributed by atoms with Gasteiger partial charge in [-0.05, 0) is 53.4 Å². The predicted octanol–water partition coefficient (Wildman–Crippen LogP) is 3.43. The molecule has 0 aromatic heterocycles. The molecule has 2 amide bonds. The minimum Gasteiger partial charge on any atom is -0.508 e. The maximum absolute atomic E-state index is 13.4. The van der Waals surface area contributed by atoms with Gasteiger partial charge in [-0.15, -0.1) is 0 Å². The second-order valence-corrected chi connectivity index (χ2v) is 8.74. The Bertz CT molecular complexity index is 1250. The summed E-state index contributed by atoms with van der Waals surface area (Å²) >= 11 is 0. The molecular formula is C28H29N3O5. The zero-order valence-electron chi connectivity index (χ0n) is 20.2. The summed E-state index contributed by atoms with van der Waals surface area (Å²) in [6.07, 6.45) is -0.719. The topological polar surface area (TPSA) is 111 Å². The highest BCUT2D eigenvalue weighted by atomic mass is 16.6. The van der Waals surface area contributed by atoms with Crippen LogP contribution in [0.5, 0.6) is 5.75 Å². The third kappa shape index (κ3) is 5.55. The van der Waals surface area contributed by atoms with E-state index in [9.17, 15) is 19.8 Å². The van der Waals surface area contributed by atoms with Crippen LogP contribution in [0.2, 0.25) is 0 Å². The number of carbonyl (C=O) groups excluding carboxylic acids is 2. The van der Waals surface area contributed by atoms with Gasteiger partial charge >= 0.3 is 0 Å².